The minimum Gasteiger partial charge on any atom is -0.478 e. The molecule has 92 valence electrons. The zero-order valence-electron chi connectivity index (χ0n) is 9.35. The number of pyridine rings is 1. The molecular formula is C11H15N3O3. The maximum Gasteiger partial charge on any atom is 0.338 e. The summed E-state index contributed by atoms with van der Waals surface area (Å²) in [5.74, 6) is -1.63. The van der Waals surface area contributed by atoms with E-state index in [1.54, 1.807) is 0 Å². The van der Waals surface area contributed by atoms with E-state index in [0.29, 0.717) is 13.1 Å². The van der Waals surface area contributed by atoms with Gasteiger partial charge in [0.05, 0.1) is 5.56 Å². The molecule has 0 aromatic carbocycles. The van der Waals surface area contributed by atoms with Gasteiger partial charge in [0.25, 0.3) is 5.91 Å². The number of carboxylic acids is 1. The summed E-state index contributed by atoms with van der Waals surface area (Å²) in [5.41, 5.74) is 5.16. The second-order valence-electron chi connectivity index (χ2n) is 3.46. The smallest absolute Gasteiger partial charge is 0.338 e. The second kappa shape index (κ2) is 6.59. The van der Waals surface area contributed by atoms with E-state index in [0.717, 1.165) is 12.8 Å². The highest BCUT2D eigenvalue weighted by Gasteiger charge is 2.16. The SMILES string of the molecule is NCCCCNC(=O)c1ncccc1C(=O)O. The molecule has 17 heavy (non-hydrogen) atoms. The minimum absolute atomic E-state index is 0.0623. The van der Waals surface area contributed by atoms with Gasteiger partial charge in [-0.1, -0.05) is 0 Å². The molecule has 1 rings (SSSR count). The Bertz CT molecular complexity index is 407. The lowest BCUT2D eigenvalue weighted by molar-refractivity contribution is 0.0690. The predicted octanol–water partition coefficient (Wildman–Crippen LogP) is 0.249. The van der Waals surface area contributed by atoms with Crippen LogP contribution in [0.15, 0.2) is 18.3 Å². The number of nitrogens with one attached hydrogen (secondary N) is 1. The molecule has 0 saturated carbocycles. The maximum absolute atomic E-state index is 11.7. The van der Waals surface area contributed by atoms with Crippen LogP contribution in [-0.4, -0.2) is 35.1 Å². The molecule has 6 nitrogen and oxygen atoms in total. The molecule has 0 unspecified atom stereocenters. The largest absolute Gasteiger partial charge is 0.478 e. The topological polar surface area (TPSA) is 105 Å². The lowest BCUT2D eigenvalue weighted by atomic mass is 10.2. The highest BCUT2D eigenvalue weighted by Crippen LogP contribution is 2.05. The Morgan fingerprint density at radius 3 is 2.82 bits per heavy atom. The van der Waals surface area contributed by atoms with E-state index in [9.17, 15) is 9.59 Å². The van der Waals surface area contributed by atoms with Crippen LogP contribution < -0.4 is 11.1 Å². The third kappa shape index (κ3) is 3.84. The van der Waals surface area contributed by atoms with E-state index in [1.165, 1.54) is 18.3 Å². The van der Waals surface area contributed by atoms with Gasteiger partial charge < -0.3 is 16.2 Å². The van der Waals surface area contributed by atoms with Crippen molar-refractivity contribution in [3.8, 4) is 0 Å². The Morgan fingerprint density at radius 2 is 2.18 bits per heavy atom. The first kappa shape index (κ1) is 13.1. The molecule has 0 radical (unpaired) electrons. The van der Waals surface area contributed by atoms with Crippen molar-refractivity contribution in [2.45, 2.75) is 12.8 Å². The average molecular weight is 237 g/mol. The number of hydrogen-bond acceptors (Lipinski definition) is 4. The highest BCUT2D eigenvalue weighted by atomic mass is 16.4. The third-order valence-corrected chi connectivity index (χ3v) is 2.17. The Kier molecular flexibility index (Phi) is 5.09. The molecule has 1 heterocycles. The molecular weight excluding hydrogens is 222 g/mol. The summed E-state index contributed by atoms with van der Waals surface area (Å²) in [7, 11) is 0. The fourth-order valence-electron chi connectivity index (χ4n) is 1.31. The number of rotatable bonds is 6. The van der Waals surface area contributed by atoms with Crippen LogP contribution in [0.4, 0.5) is 0 Å². The van der Waals surface area contributed by atoms with Gasteiger partial charge in [0, 0.05) is 12.7 Å². The number of nitrogens with two attached hydrogens (primary N) is 1. The monoisotopic (exact) mass is 237 g/mol. The van der Waals surface area contributed by atoms with E-state index in [2.05, 4.69) is 10.3 Å². The summed E-state index contributed by atoms with van der Waals surface area (Å²) in [6.45, 7) is 1.03. The van der Waals surface area contributed by atoms with Crippen molar-refractivity contribution in [3.63, 3.8) is 0 Å². The fourth-order valence-corrected chi connectivity index (χ4v) is 1.31. The number of carbonyl (C=O) groups excluding carboxylic acids is 1. The van der Waals surface area contributed by atoms with E-state index < -0.39 is 11.9 Å². The minimum atomic E-state index is -1.16. The first-order valence-electron chi connectivity index (χ1n) is 5.33. The van der Waals surface area contributed by atoms with Gasteiger partial charge in [0.1, 0.15) is 5.69 Å². The first-order valence-corrected chi connectivity index (χ1v) is 5.33. The van der Waals surface area contributed by atoms with Gasteiger partial charge in [-0.15, -0.1) is 0 Å². The van der Waals surface area contributed by atoms with Crippen molar-refractivity contribution in [1.29, 1.82) is 0 Å². The van der Waals surface area contributed by atoms with Gasteiger partial charge in [-0.3, -0.25) is 9.78 Å². The van der Waals surface area contributed by atoms with Crippen molar-refractivity contribution in [3.05, 3.63) is 29.6 Å². The van der Waals surface area contributed by atoms with Crippen LogP contribution in [-0.2, 0) is 0 Å². The molecule has 0 bridgehead atoms. The lowest BCUT2D eigenvalue weighted by Crippen LogP contribution is -2.27. The van der Waals surface area contributed by atoms with Crippen LogP contribution in [0.3, 0.4) is 0 Å². The van der Waals surface area contributed by atoms with E-state index in [-0.39, 0.29) is 11.3 Å². The number of aromatic nitrogens is 1. The van der Waals surface area contributed by atoms with E-state index in [1.807, 2.05) is 0 Å². The molecule has 1 aromatic heterocycles. The summed E-state index contributed by atoms with van der Waals surface area (Å²) < 4.78 is 0. The summed E-state index contributed by atoms with van der Waals surface area (Å²) >= 11 is 0. The quantitative estimate of drug-likeness (QED) is 0.615. The van der Waals surface area contributed by atoms with Crippen LogP contribution >= 0.6 is 0 Å². The molecule has 0 fully saturated rings. The average Bonchev–Trinajstić information content (AvgIpc) is 2.34. The Labute approximate surface area is 98.8 Å². The van der Waals surface area contributed by atoms with Crippen LogP contribution in [0.25, 0.3) is 0 Å². The van der Waals surface area contributed by atoms with Crippen molar-refractivity contribution in [2.75, 3.05) is 13.1 Å². The highest BCUT2D eigenvalue weighted by molar-refractivity contribution is 6.03. The number of carboxylic acid groups (broad SMARTS) is 1. The molecule has 0 aliphatic carbocycles. The van der Waals surface area contributed by atoms with Gasteiger partial charge >= 0.3 is 5.97 Å². The van der Waals surface area contributed by atoms with Crippen molar-refractivity contribution >= 4 is 11.9 Å². The van der Waals surface area contributed by atoms with Gasteiger partial charge in [0.2, 0.25) is 0 Å². The molecule has 6 heteroatoms. The molecule has 0 aliphatic heterocycles. The Hall–Kier alpha value is -1.95. The number of carbonyl (C=O) groups is 2. The summed E-state index contributed by atoms with van der Waals surface area (Å²) in [4.78, 5) is 26.3. The summed E-state index contributed by atoms with van der Waals surface area (Å²) in [6.07, 6.45) is 2.97. The predicted molar refractivity (Wildman–Crippen MR) is 61.8 cm³/mol. The van der Waals surface area contributed by atoms with E-state index in [4.69, 9.17) is 10.8 Å². The lowest BCUT2D eigenvalue weighted by Gasteiger charge is -2.06. The molecule has 1 amide bonds. The number of unbranched alkanes of at least 4 members (excludes halogenated alkanes) is 1. The zero-order chi connectivity index (χ0) is 12.7. The molecule has 0 aliphatic rings. The third-order valence-electron chi connectivity index (χ3n) is 2.17. The van der Waals surface area contributed by atoms with Gasteiger partial charge in [0.15, 0.2) is 0 Å². The van der Waals surface area contributed by atoms with Gasteiger partial charge in [-0.25, -0.2) is 4.79 Å². The van der Waals surface area contributed by atoms with E-state index >= 15 is 0 Å². The Morgan fingerprint density at radius 1 is 1.41 bits per heavy atom. The van der Waals surface area contributed by atoms with Crippen LogP contribution in [0.2, 0.25) is 0 Å². The van der Waals surface area contributed by atoms with Crippen molar-refractivity contribution < 1.29 is 14.7 Å². The molecule has 0 atom stereocenters. The molecule has 0 saturated heterocycles. The summed E-state index contributed by atoms with van der Waals surface area (Å²) in [5, 5.41) is 11.5. The summed E-state index contributed by atoms with van der Waals surface area (Å²) in [6, 6.07) is 2.83. The first-order chi connectivity index (χ1) is 8.16. The number of nitrogens with zero attached hydrogens (tertiary/aromatic N) is 1. The normalized spacial score (nSPS) is 9.94. The Balaban J connectivity index is 2.65. The van der Waals surface area contributed by atoms with Gasteiger partial charge in [-0.2, -0.15) is 0 Å². The van der Waals surface area contributed by atoms with Crippen LogP contribution in [0.5, 0.6) is 0 Å². The van der Waals surface area contributed by atoms with Crippen LogP contribution in [0.1, 0.15) is 33.7 Å². The van der Waals surface area contributed by atoms with Gasteiger partial charge in [-0.05, 0) is 31.5 Å². The fraction of sp³-hybridized carbons (Fsp3) is 0.364. The standard InChI is InChI=1S/C11H15N3O3/c12-5-1-2-6-14-10(15)9-8(11(16)17)4-3-7-13-9/h3-4,7H,1-2,5-6,12H2,(H,14,15)(H,16,17). The van der Waals surface area contributed by atoms with Crippen molar-refractivity contribution in [1.82, 2.24) is 10.3 Å². The number of hydrogen-bond donors (Lipinski definition) is 3. The van der Waals surface area contributed by atoms with Crippen molar-refractivity contribution in [2.24, 2.45) is 5.73 Å². The number of aromatic carboxylic acids is 1. The molecule has 1 aromatic rings. The molecule has 0 spiro atoms. The number of amides is 1. The zero-order valence-corrected chi connectivity index (χ0v) is 9.35. The second-order valence-corrected chi connectivity index (χ2v) is 3.46. The van der Waals surface area contributed by atoms with Crippen LogP contribution in [0, 0.1) is 0 Å². The maximum atomic E-state index is 11.7. The molecule has 4 N–H and O–H groups in total.